The van der Waals surface area contributed by atoms with Crippen molar-refractivity contribution in [3.63, 3.8) is 0 Å². The number of benzene rings is 1. The van der Waals surface area contributed by atoms with Crippen LogP contribution in [-0.2, 0) is 0 Å². The fraction of sp³-hybridized carbons (Fsp3) is 0. The average Bonchev–Trinajstić information content (AvgIpc) is 2.36. The zero-order chi connectivity index (χ0) is 7.84. The Hall–Kier alpha value is -0.660. The summed E-state index contributed by atoms with van der Waals surface area (Å²) >= 11 is 11.6. The van der Waals surface area contributed by atoms with Gasteiger partial charge in [-0.15, -0.1) is 0 Å². The molecule has 0 aliphatic carbocycles. The first-order valence-corrected chi connectivity index (χ1v) is 3.87. The molecule has 3 heteroatoms. The van der Waals surface area contributed by atoms with Crippen LogP contribution in [0.1, 0.15) is 0 Å². The molecule has 2 rings (SSSR count). The Morgan fingerprint density at radius 2 is 1.91 bits per heavy atom. The molecule has 0 saturated heterocycles. The maximum absolute atomic E-state index is 5.78. The summed E-state index contributed by atoms with van der Waals surface area (Å²) in [4.78, 5) is 2.99. The normalized spacial score (nSPS) is 10.7. The Balaban J connectivity index is 2.86. The van der Waals surface area contributed by atoms with Crippen molar-refractivity contribution in [2.24, 2.45) is 0 Å². The SMILES string of the molecule is Clc1cc2[c]c[nH]c2cc1Cl. The lowest BCUT2D eigenvalue weighted by Gasteiger charge is -1.94. The molecule has 1 aromatic heterocycles. The van der Waals surface area contributed by atoms with Crippen LogP contribution in [0.4, 0.5) is 0 Å². The van der Waals surface area contributed by atoms with Crippen molar-refractivity contribution in [2.45, 2.75) is 0 Å². The van der Waals surface area contributed by atoms with Crippen LogP contribution in [0.15, 0.2) is 18.3 Å². The van der Waals surface area contributed by atoms with Crippen LogP contribution in [0, 0.1) is 6.07 Å². The highest BCUT2D eigenvalue weighted by atomic mass is 35.5. The fourth-order valence-electron chi connectivity index (χ4n) is 0.977. The molecular weight excluding hydrogens is 181 g/mol. The van der Waals surface area contributed by atoms with Gasteiger partial charge < -0.3 is 4.98 Å². The minimum atomic E-state index is 0.565. The summed E-state index contributed by atoms with van der Waals surface area (Å²) in [5, 5.41) is 2.09. The quantitative estimate of drug-likeness (QED) is 0.648. The standard InChI is InChI=1S/C8H4Cl2N/c9-6-3-5-1-2-11-8(5)4-7(6)10/h2-4,11H. The molecule has 1 heterocycles. The largest absolute Gasteiger partial charge is 0.360 e. The van der Waals surface area contributed by atoms with Crippen molar-refractivity contribution in [3.05, 3.63) is 34.4 Å². The molecule has 0 fully saturated rings. The summed E-state index contributed by atoms with van der Waals surface area (Å²) in [6, 6.07) is 6.56. The summed E-state index contributed by atoms with van der Waals surface area (Å²) in [6.45, 7) is 0. The second kappa shape index (κ2) is 2.43. The van der Waals surface area contributed by atoms with E-state index in [1.807, 2.05) is 0 Å². The van der Waals surface area contributed by atoms with Crippen molar-refractivity contribution in [3.8, 4) is 0 Å². The van der Waals surface area contributed by atoms with Crippen LogP contribution in [0.25, 0.3) is 10.9 Å². The van der Waals surface area contributed by atoms with E-state index >= 15 is 0 Å². The van der Waals surface area contributed by atoms with Crippen LogP contribution in [0.2, 0.25) is 10.0 Å². The first kappa shape index (κ1) is 7.01. The van der Waals surface area contributed by atoms with E-state index in [1.54, 1.807) is 18.3 Å². The minimum Gasteiger partial charge on any atom is -0.360 e. The molecule has 55 valence electrons. The van der Waals surface area contributed by atoms with Crippen molar-refractivity contribution in [1.29, 1.82) is 0 Å². The molecule has 2 aromatic rings. The van der Waals surface area contributed by atoms with E-state index in [0.717, 1.165) is 10.9 Å². The predicted octanol–water partition coefficient (Wildman–Crippen LogP) is 3.27. The van der Waals surface area contributed by atoms with E-state index in [9.17, 15) is 0 Å². The number of hydrogen-bond donors (Lipinski definition) is 1. The first-order valence-electron chi connectivity index (χ1n) is 3.11. The van der Waals surface area contributed by atoms with Crippen molar-refractivity contribution >= 4 is 34.1 Å². The number of halogens is 2. The molecule has 0 aliphatic rings. The smallest absolute Gasteiger partial charge is 0.0613 e. The zero-order valence-electron chi connectivity index (χ0n) is 5.49. The van der Waals surface area contributed by atoms with E-state index in [0.29, 0.717) is 10.0 Å². The summed E-state index contributed by atoms with van der Waals surface area (Å²) in [5.74, 6) is 0. The third-order valence-electron chi connectivity index (χ3n) is 1.52. The summed E-state index contributed by atoms with van der Waals surface area (Å²) < 4.78 is 0. The molecule has 0 unspecified atom stereocenters. The van der Waals surface area contributed by atoms with Gasteiger partial charge in [-0.25, -0.2) is 0 Å². The third-order valence-corrected chi connectivity index (χ3v) is 2.24. The highest BCUT2D eigenvalue weighted by Gasteiger charge is 2.00. The third kappa shape index (κ3) is 1.10. The molecule has 1 radical (unpaired) electrons. The topological polar surface area (TPSA) is 15.8 Å². The van der Waals surface area contributed by atoms with Gasteiger partial charge in [-0.05, 0) is 12.1 Å². The van der Waals surface area contributed by atoms with E-state index in [4.69, 9.17) is 23.2 Å². The van der Waals surface area contributed by atoms with Gasteiger partial charge in [0.05, 0.1) is 10.0 Å². The van der Waals surface area contributed by atoms with Gasteiger partial charge in [-0.2, -0.15) is 0 Å². The molecule has 0 saturated carbocycles. The molecule has 1 nitrogen and oxygen atoms in total. The van der Waals surface area contributed by atoms with Crippen LogP contribution < -0.4 is 0 Å². The number of hydrogen-bond acceptors (Lipinski definition) is 0. The Kier molecular flexibility index (Phi) is 1.55. The van der Waals surface area contributed by atoms with Crippen molar-refractivity contribution in [2.75, 3.05) is 0 Å². The van der Waals surface area contributed by atoms with Gasteiger partial charge in [0, 0.05) is 23.2 Å². The number of aromatic amines is 1. The number of rotatable bonds is 0. The molecule has 0 spiro atoms. The molecule has 1 N–H and O–H groups in total. The zero-order valence-corrected chi connectivity index (χ0v) is 7.00. The van der Waals surface area contributed by atoms with Gasteiger partial charge >= 0.3 is 0 Å². The maximum Gasteiger partial charge on any atom is 0.0613 e. The lowest BCUT2D eigenvalue weighted by molar-refractivity contribution is 1.47. The lowest BCUT2D eigenvalue weighted by Crippen LogP contribution is -1.70. The van der Waals surface area contributed by atoms with Crippen molar-refractivity contribution < 1.29 is 0 Å². The number of fused-ring (bicyclic) bond motifs is 1. The van der Waals surface area contributed by atoms with Crippen LogP contribution in [-0.4, -0.2) is 4.98 Å². The Bertz CT molecular complexity index is 356. The monoisotopic (exact) mass is 184 g/mol. The lowest BCUT2D eigenvalue weighted by atomic mass is 10.2. The van der Waals surface area contributed by atoms with Gasteiger partial charge in [0.1, 0.15) is 0 Å². The Morgan fingerprint density at radius 3 is 2.73 bits per heavy atom. The predicted molar refractivity (Wildman–Crippen MR) is 47.2 cm³/mol. The van der Waals surface area contributed by atoms with Crippen LogP contribution in [0.3, 0.4) is 0 Å². The molecular formula is C8H4Cl2N. The molecule has 0 amide bonds. The van der Waals surface area contributed by atoms with Gasteiger partial charge in [-0.3, -0.25) is 0 Å². The van der Waals surface area contributed by atoms with Crippen molar-refractivity contribution in [1.82, 2.24) is 4.98 Å². The van der Waals surface area contributed by atoms with Gasteiger partial charge in [0.2, 0.25) is 0 Å². The van der Waals surface area contributed by atoms with E-state index in [1.165, 1.54) is 0 Å². The summed E-state index contributed by atoms with van der Waals surface area (Å²) in [5.41, 5.74) is 0.958. The molecule has 0 atom stereocenters. The fourth-order valence-corrected chi connectivity index (χ4v) is 1.30. The number of H-pyrrole nitrogens is 1. The van der Waals surface area contributed by atoms with Gasteiger partial charge in [-0.1, -0.05) is 23.2 Å². The highest BCUT2D eigenvalue weighted by molar-refractivity contribution is 6.42. The van der Waals surface area contributed by atoms with E-state index in [-0.39, 0.29) is 0 Å². The molecule has 0 aliphatic heterocycles. The second-order valence-corrected chi connectivity index (χ2v) is 3.06. The molecule has 11 heavy (non-hydrogen) atoms. The molecule has 0 bridgehead atoms. The first-order chi connectivity index (χ1) is 5.27. The Labute approximate surface area is 73.9 Å². The molecule has 1 aromatic carbocycles. The average molecular weight is 185 g/mol. The number of aromatic nitrogens is 1. The van der Waals surface area contributed by atoms with Crippen LogP contribution >= 0.6 is 23.2 Å². The van der Waals surface area contributed by atoms with E-state index in [2.05, 4.69) is 11.1 Å². The number of nitrogens with one attached hydrogen (secondary N) is 1. The minimum absolute atomic E-state index is 0.565. The second-order valence-electron chi connectivity index (χ2n) is 2.24. The summed E-state index contributed by atoms with van der Waals surface area (Å²) in [7, 11) is 0. The van der Waals surface area contributed by atoms with Crippen LogP contribution in [0.5, 0.6) is 0 Å². The summed E-state index contributed by atoms with van der Waals surface area (Å²) in [6.07, 6.45) is 1.73. The van der Waals surface area contributed by atoms with E-state index < -0.39 is 0 Å². The maximum atomic E-state index is 5.78. The van der Waals surface area contributed by atoms with Gasteiger partial charge in [0.15, 0.2) is 0 Å². The highest BCUT2D eigenvalue weighted by Crippen LogP contribution is 2.26. The van der Waals surface area contributed by atoms with Gasteiger partial charge in [0.25, 0.3) is 0 Å². The Morgan fingerprint density at radius 1 is 1.18 bits per heavy atom.